The van der Waals surface area contributed by atoms with E-state index in [2.05, 4.69) is 202 Å². The lowest BCUT2D eigenvalue weighted by Crippen LogP contribution is -2.61. The molecule has 0 fully saturated rings. The lowest BCUT2D eigenvalue weighted by molar-refractivity contribution is 0.591. The van der Waals surface area contributed by atoms with Gasteiger partial charge in [-0.05, 0) is 178 Å². The number of anilines is 6. The molecule has 450 valence electrons. The Bertz CT molecular complexity index is 6150. The van der Waals surface area contributed by atoms with Gasteiger partial charge in [-0.3, -0.25) is 0 Å². The Morgan fingerprint density at radius 2 is 0.842 bits per heavy atom. The van der Waals surface area contributed by atoms with Gasteiger partial charge in [0.2, 0.25) is 0 Å². The molecule has 14 aromatic carbocycles. The van der Waals surface area contributed by atoms with E-state index in [4.69, 9.17) is 6.85 Å². The van der Waals surface area contributed by atoms with Gasteiger partial charge in [0.15, 0.2) is 0 Å². The second kappa shape index (κ2) is 21.8. The van der Waals surface area contributed by atoms with Gasteiger partial charge in [0, 0.05) is 61.4 Å². The van der Waals surface area contributed by atoms with E-state index in [1.54, 1.807) is 4.57 Å². The normalized spacial score (nSPS) is 15.3. The molecular formula is C91H68BN3. The van der Waals surface area contributed by atoms with Crippen molar-refractivity contribution in [3.8, 4) is 83.6 Å². The van der Waals surface area contributed by atoms with Gasteiger partial charge in [-0.1, -0.05) is 283 Å². The monoisotopic (exact) mass is 1230 g/mol. The highest BCUT2D eigenvalue weighted by Gasteiger charge is 2.46. The lowest BCUT2D eigenvalue weighted by Gasteiger charge is -2.45. The predicted octanol–water partition coefficient (Wildman–Crippen LogP) is 22.5. The summed E-state index contributed by atoms with van der Waals surface area (Å²) in [6.07, 6.45) is 0. The summed E-state index contributed by atoms with van der Waals surface area (Å²) in [5.74, 6) is 0. The lowest BCUT2D eigenvalue weighted by atomic mass is 9.33. The number of hydrogen-bond acceptors (Lipinski definition) is 2. The van der Waals surface area contributed by atoms with Crippen LogP contribution in [-0.4, -0.2) is 11.3 Å². The zero-order chi connectivity index (χ0) is 75.0. The summed E-state index contributed by atoms with van der Waals surface area (Å²) in [7, 11) is 0. The van der Waals surface area contributed by atoms with Crippen molar-refractivity contribution in [2.24, 2.45) is 0 Å². The third-order valence-electron chi connectivity index (χ3n) is 19.8. The first kappa shape index (κ1) is 44.2. The summed E-state index contributed by atoms with van der Waals surface area (Å²) in [5, 5.41) is -0.0891. The van der Waals surface area contributed by atoms with Crippen molar-refractivity contribution in [1.82, 2.24) is 4.57 Å². The van der Waals surface area contributed by atoms with Crippen molar-refractivity contribution in [1.29, 1.82) is 0 Å². The zero-order valence-electron chi connectivity index (χ0n) is 66.0. The van der Waals surface area contributed by atoms with Crippen LogP contribution in [0.2, 0.25) is 0 Å². The van der Waals surface area contributed by atoms with E-state index in [9.17, 15) is 11.0 Å². The smallest absolute Gasteiger partial charge is 0.252 e. The Labute approximate surface area is 575 Å². The molecule has 15 aromatic rings. The third-order valence-corrected chi connectivity index (χ3v) is 19.8. The van der Waals surface area contributed by atoms with Gasteiger partial charge in [-0.25, -0.2) is 0 Å². The van der Waals surface area contributed by atoms with E-state index in [1.165, 1.54) is 5.56 Å². The van der Waals surface area contributed by atoms with E-state index in [0.29, 0.717) is 22.6 Å². The molecule has 95 heavy (non-hydrogen) atoms. The maximum Gasteiger partial charge on any atom is 0.252 e. The highest BCUT2D eigenvalue weighted by molar-refractivity contribution is 7.00. The Kier molecular flexibility index (Phi) is 10.1. The van der Waals surface area contributed by atoms with Crippen LogP contribution < -0.4 is 26.2 Å². The summed E-state index contributed by atoms with van der Waals surface area (Å²) in [6, 6.07) is 78.2. The van der Waals surface area contributed by atoms with Crippen molar-refractivity contribution in [3.63, 3.8) is 0 Å². The maximum atomic E-state index is 9.78. The van der Waals surface area contributed by atoms with E-state index in [0.717, 1.165) is 117 Å². The van der Waals surface area contributed by atoms with Crippen molar-refractivity contribution in [2.75, 3.05) is 9.80 Å². The minimum absolute atomic E-state index is 0.0198. The van der Waals surface area contributed by atoms with Crippen LogP contribution in [-0.2, 0) is 10.8 Å². The zero-order valence-corrected chi connectivity index (χ0v) is 53.0. The number of rotatable bonds is 9. The Morgan fingerprint density at radius 1 is 0.347 bits per heavy atom. The number of para-hydroxylation sites is 2. The second-order valence-electron chi connectivity index (χ2n) is 26.6. The molecule has 0 N–H and O–H groups in total. The van der Waals surface area contributed by atoms with Crippen molar-refractivity contribution in [2.45, 2.75) is 45.4 Å². The van der Waals surface area contributed by atoms with Gasteiger partial charge in [-0.15, -0.1) is 0 Å². The van der Waals surface area contributed by atoms with Crippen LogP contribution in [0.1, 0.15) is 69.1 Å². The highest BCUT2D eigenvalue weighted by Crippen LogP contribution is 2.56. The molecule has 0 saturated heterocycles. The minimum atomic E-state index is -0.682. The quantitative estimate of drug-likeness (QED) is 0.133. The molecule has 0 unspecified atom stereocenters. The van der Waals surface area contributed by atoms with Gasteiger partial charge in [0.1, 0.15) is 0 Å². The van der Waals surface area contributed by atoms with Crippen molar-refractivity contribution in [3.05, 3.63) is 338 Å². The maximum absolute atomic E-state index is 9.78. The molecule has 0 radical (unpaired) electrons. The number of benzene rings is 14. The molecule has 18 rings (SSSR count). The van der Waals surface area contributed by atoms with Crippen LogP contribution in [0.15, 0.2) is 321 Å². The summed E-state index contributed by atoms with van der Waals surface area (Å²) in [4.78, 5) is 4.68. The Balaban J connectivity index is 1.06. The minimum Gasteiger partial charge on any atom is -0.311 e. The van der Waals surface area contributed by atoms with E-state index in [-0.39, 0.29) is 44.9 Å². The van der Waals surface area contributed by atoms with E-state index >= 15 is 0 Å². The molecule has 1 aromatic heterocycles. The average Bonchev–Trinajstić information content (AvgIpc) is 0.754. The van der Waals surface area contributed by atoms with E-state index in [1.807, 2.05) is 84.9 Å². The SMILES string of the molecule is [2H]c1c([2H])c([2H])c(-c2ccc3c(c2)N(c2c(-c4ccccc4)cc(C(C)(C)C)cc2-c2ccccc2)c2cc(-c4cccc5c4-c4ccccc4C5(C)C)cc4c2B3c2ccc(-n3c5c([2H])c([2H])c([2H])c([2H])c5c5c([2H])c([2H])c([2H])c([2H])c53)cc2N4c2cc(-c3ccccc3)cc(-c3ccccc3)c2)c([2H])c1[2H]. The molecule has 0 atom stereocenters. The molecule has 0 amide bonds. The molecule has 3 aliphatic rings. The van der Waals surface area contributed by atoms with Gasteiger partial charge in [-0.2, -0.15) is 0 Å². The van der Waals surface area contributed by atoms with Crippen molar-refractivity contribution >= 4 is 79.0 Å². The Morgan fingerprint density at radius 3 is 1.44 bits per heavy atom. The van der Waals surface area contributed by atoms with Crippen LogP contribution in [0.3, 0.4) is 0 Å². The summed E-state index contributed by atoms with van der Waals surface area (Å²) in [5.41, 5.74) is 21.8. The van der Waals surface area contributed by atoms with Crippen LogP contribution in [0.4, 0.5) is 34.1 Å². The highest BCUT2D eigenvalue weighted by atomic mass is 15.2. The fourth-order valence-electron chi connectivity index (χ4n) is 15.3. The predicted molar refractivity (Wildman–Crippen MR) is 404 cm³/mol. The molecule has 0 bridgehead atoms. The fourth-order valence-corrected chi connectivity index (χ4v) is 15.3. The third kappa shape index (κ3) is 9.03. The van der Waals surface area contributed by atoms with E-state index < -0.39 is 78.6 Å². The molecular weight excluding hydrogens is 1150 g/mol. The summed E-state index contributed by atoms with van der Waals surface area (Å²) < 4.78 is 123. The topological polar surface area (TPSA) is 11.4 Å². The molecule has 1 aliphatic carbocycles. The second-order valence-corrected chi connectivity index (χ2v) is 26.6. The average molecular weight is 1230 g/mol. The molecule has 2 aliphatic heterocycles. The summed E-state index contributed by atoms with van der Waals surface area (Å²) >= 11 is 0. The van der Waals surface area contributed by atoms with Crippen LogP contribution in [0.25, 0.3) is 105 Å². The number of hydrogen-bond donors (Lipinski definition) is 0. The first-order valence-corrected chi connectivity index (χ1v) is 32.4. The van der Waals surface area contributed by atoms with Crippen LogP contribution in [0.5, 0.6) is 0 Å². The number of fused-ring (bicyclic) bond motifs is 10. The van der Waals surface area contributed by atoms with Crippen LogP contribution in [0, 0.1) is 0 Å². The largest absolute Gasteiger partial charge is 0.311 e. The van der Waals surface area contributed by atoms with Gasteiger partial charge in [0.25, 0.3) is 6.71 Å². The van der Waals surface area contributed by atoms with Gasteiger partial charge >= 0.3 is 0 Å². The Hall–Kier alpha value is -11.5. The molecule has 3 heterocycles. The molecule has 0 saturated carbocycles. The number of nitrogens with zero attached hydrogens (tertiary/aromatic N) is 3. The van der Waals surface area contributed by atoms with Gasteiger partial charge in [0.05, 0.1) is 34.5 Å². The first-order chi connectivity index (χ1) is 51.9. The fraction of sp³-hybridized carbons (Fsp3) is 0.0769. The molecule has 0 spiro atoms. The van der Waals surface area contributed by atoms with Gasteiger partial charge < -0.3 is 14.4 Å². The van der Waals surface area contributed by atoms with Crippen LogP contribution >= 0.6 is 0 Å². The molecule has 3 nitrogen and oxygen atoms in total. The standard InChI is InChI=1S/C91H68BN3/c1-90(2,3)68-56-75(62-34-17-9-18-35-62)89(76(57-68)63-36-19-10-20-37-63)95-83-53-64(59-28-11-6-12-29-59)46-48-79(83)92-80-49-47-69(93-81-44-25-22-38-72(81)73-39-23-26-45-82(73)93)58-84(80)94(70-51-65(60-30-13-7-14-31-60)50-66(52-70)61-32-15-8-16-33-61)85-54-67(55-86(95)88(85)92)71-41-27-43-78-87(71)74-40-21-24-42-77(74)91(78,4)5/h6-58H,1-5H3/i6D,11D,12D,22D,23D,25D,26D,28D,29D,38D,39D,44D,45D. The van der Waals surface area contributed by atoms with Crippen molar-refractivity contribution < 1.29 is 17.8 Å². The molecule has 4 heteroatoms. The first-order valence-electron chi connectivity index (χ1n) is 38.9. The summed E-state index contributed by atoms with van der Waals surface area (Å²) in [6.45, 7) is 10.5. The number of aromatic nitrogens is 1.